The Morgan fingerprint density at radius 1 is 1.56 bits per heavy atom. The highest BCUT2D eigenvalue weighted by Gasteiger charge is 2.48. The number of carbonyl (C=O) groups is 1. The van der Waals surface area contributed by atoms with Gasteiger partial charge in [-0.1, -0.05) is 31.5 Å². The molecular formula is C13H15ClFNO2. The summed E-state index contributed by atoms with van der Waals surface area (Å²) in [5, 5.41) is 12.2. The van der Waals surface area contributed by atoms with Gasteiger partial charge in [0.15, 0.2) is 5.82 Å². The molecule has 0 spiro atoms. The van der Waals surface area contributed by atoms with Crippen molar-refractivity contribution in [3.05, 3.63) is 34.6 Å². The van der Waals surface area contributed by atoms with Crippen LogP contribution in [0.4, 0.5) is 4.39 Å². The zero-order valence-corrected chi connectivity index (χ0v) is 11.0. The number of rotatable bonds is 2. The maximum absolute atomic E-state index is 13.7. The lowest BCUT2D eigenvalue weighted by atomic mass is 9.64. The van der Waals surface area contributed by atoms with E-state index in [-0.39, 0.29) is 22.0 Å². The van der Waals surface area contributed by atoms with Gasteiger partial charge in [0.2, 0.25) is 0 Å². The molecule has 2 rings (SSSR count). The van der Waals surface area contributed by atoms with Gasteiger partial charge in [-0.15, -0.1) is 0 Å². The molecular weight excluding hydrogens is 257 g/mol. The minimum Gasteiger partial charge on any atom is -0.392 e. The average Bonchev–Trinajstić information content (AvgIpc) is 2.32. The molecule has 1 fully saturated rings. The van der Waals surface area contributed by atoms with E-state index in [1.165, 1.54) is 18.2 Å². The predicted octanol–water partition coefficient (Wildman–Crippen LogP) is 2.37. The summed E-state index contributed by atoms with van der Waals surface area (Å²) < 4.78 is 13.7. The largest absolute Gasteiger partial charge is 0.392 e. The smallest absolute Gasteiger partial charge is 0.254 e. The second kappa shape index (κ2) is 4.52. The van der Waals surface area contributed by atoms with Crippen molar-refractivity contribution in [1.29, 1.82) is 0 Å². The quantitative estimate of drug-likeness (QED) is 0.868. The first-order valence-electron chi connectivity index (χ1n) is 5.77. The molecule has 1 aromatic carbocycles. The normalized spacial score (nSPS) is 25.4. The molecule has 0 bridgehead atoms. The standard InChI is InChI=1S/C13H15ClFNO2/c1-13(2)9(6-10(13)17)16-12(18)7-4-3-5-8(14)11(7)15/h3-5,9-10,17H,6H2,1-2H3,(H,16,18). The van der Waals surface area contributed by atoms with Crippen LogP contribution in [0.1, 0.15) is 30.6 Å². The van der Waals surface area contributed by atoms with E-state index in [1.807, 2.05) is 13.8 Å². The summed E-state index contributed by atoms with van der Waals surface area (Å²) in [5.74, 6) is -1.21. The number of nitrogens with one attached hydrogen (secondary N) is 1. The predicted molar refractivity (Wildman–Crippen MR) is 67.1 cm³/mol. The maximum Gasteiger partial charge on any atom is 0.254 e. The van der Waals surface area contributed by atoms with Crippen LogP contribution in [0.5, 0.6) is 0 Å². The number of hydrogen-bond donors (Lipinski definition) is 2. The Labute approximate surface area is 110 Å². The highest BCUT2D eigenvalue weighted by molar-refractivity contribution is 6.31. The third-order valence-corrected chi connectivity index (χ3v) is 4.01. The van der Waals surface area contributed by atoms with Gasteiger partial charge < -0.3 is 10.4 Å². The van der Waals surface area contributed by atoms with Gasteiger partial charge in [-0.05, 0) is 18.6 Å². The first-order chi connectivity index (χ1) is 8.34. The molecule has 18 heavy (non-hydrogen) atoms. The molecule has 0 radical (unpaired) electrons. The van der Waals surface area contributed by atoms with Crippen molar-refractivity contribution in [1.82, 2.24) is 5.32 Å². The lowest BCUT2D eigenvalue weighted by Crippen LogP contribution is -2.61. The Hall–Kier alpha value is -1.13. The van der Waals surface area contributed by atoms with Gasteiger partial charge in [0.25, 0.3) is 5.91 Å². The second-order valence-corrected chi connectivity index (χ2v) is 5.61. The van der Waals surface area contributed by atoms with Crippen molar-refractivity contribution in [3.63, 3.8) is 0 Å². The van der Waals surface area contributed by atoms with Gasteiger partial charge in [0, 0.05) is 11.5 Å². The lowest BCUT2D eigenvalue weighted by Gasteiger charge is -2.49. The molecule has 1 aliphatic rings. The zero-order valence-electron chi connectivity index (χ0n) is 10.2. The Bertz CT molecular complexity index is 490. The maximum atomic E-state index is 13.7. The Morgan fingerprint density at radius 3 is 2.78 bits per heavy atom. The SMILES string of the molecule is CC1(C)C(O)CC1NC(=O)c1cccc(Cl)c1F. The summed E-state index contributed by atoms with van der Waals surface area (Å²) in [7, 11) is 0. The highest BCUT2D eigenvalue weighted by atomic mass is 35.5. The lowest BCUT2D eigenvalue weighted by molar-refractivity contribution is -0.0689. The van der Waals surface area contributed by atoms with E-state index in [0.29, 0.717) is 6.42 Å². The summed E-state index contributed by atoms with van der Waals surface area (Å²) in [4.78, 5) is 11.9. The minimum absolute atomic E-state index is 0.0697. The van der Waals surface area contributed by atoms with Gasteiger partial charge in [0.1, 0.15) is 0 Å². The van der Waals surface area contributed by atoms with Gasteiger partial charge in [-0.3, -0.25) is 4.79 Å². The Balaban J connectivity index is 2.12. The molecule has 0 heterocycles. The first kappa shape index (κ1) is 13.3. The molecule has 1 aliphatic carbocycles. The molecule has 0 aromatic heterocycles. The van der Waals surface area contributed by atoms with Crippen molar-refractivity contribution < 1.29 is 14.3 Å². The summed E-state index contributed by atoms with van der Waals surface area (Å²) in [6.07, 6.45) is 0.0491. The van der Waals surface area contributed by atoms with E-state index in [4.69, 9.17) is 11.6 Å². The molecule has 2 atom stereocenters. The average molecular weight is 272 g/mol. The van der Waals surface area contributed by atoms with Crippen molar-refractivity contribution >= 4 is 17.5 Å². The van der Waals surface area contributed by atoms with Crippen LogP contribution in [-0.2, 0) is 0 Å². The first-order valence-corrected chi connectivity index (χ1v) is 6.14. The summed E-state index contributed by atoms with van der Waals surface area (Å²) in [6.45, 7) is 3.72. The second-order valence-electron chi connectivity index (χ2n) is 5.20. The van der Waals surface area contributed by atoms with Gasteiger partial charge in [-0.2, -0.15) is 0 Å². The molecule has 2 N–H and O–H groups in total. The fraction of sp³-hybridized carbons (Fsp3) is 0.462. The van der Waals surface area contributed by atoms with Crippen LogP contribution in [0.15, 0.2) is 18.2 Å². The zero-order chi connectivity index (χ0) is 13.5. The summed E-state index contributed by atoms with van der Waals surface area (Å²) in [5.41, 5.74) is -0.454. The monoisotopic (exact) mass is 271 g/mol. The number of carbonyl (C=O) groups excluding carboxylic acids is 1. The van der Waals surface area contributed by atoms with Crippen molar-refractivity contribution in [3.8, 4) is 0 Å². The van der Waals surface area contributed by atoms with Crippen molar-refractivity contribution in [2.75, 3.05) is 0 Å². The highest BCUT2D eigenvalue weighted by Crippen LogP contribution is 2.40. The van der Waals surface area contributed by atoms with E-state index in [0.717, 1.165) is 0 Å². The number of halogens is 2. The van der Waals surface area contributed by atoms with Crippen LogP contribution in [0.2, 0.25) is 5.02 Å². The third kappa shape index (κ3) is 2.10. The minimum atomic E-state index is -0.714. The summed E-state index contributed by atoms with van der Waals surface area (Å²) in [6, 6.07) is 4.16. The molecule has 1 aromatic rings. The number of amides is 1. The molecule has 0 saturated heterocycles. The fourth-order valence-corrected chi connectivity index (χ4v) is 2.24. The van der Waals surface area contributed by atoms with Gasteiger partial charge in [0.05, 0.1) is 16.7 Å². The van der Waals surface area contributed by atoms with E-state index < -0.39 is 17.8 Å². The van der Waals surface area contributed by atoms with Crippen LogP contribution in [0, 0.1) is 11.2 Å². The number of aliphatic hydroxyl groups is 1. The Morgan fingerprint density at radius 2 is 2.22 bits per heavy atom. The molecule has 1 amide bonds. The van der Waals surface area contributed by atoms with Crippen LogP contribution < -0.4 is 5.32 Å². The summed E-state index contributed by atoms with van der Waals surface area (Å²) >= 11 is 5.63. The van der Waals surface area contributed by atoms with Crippen molar-refractivity contribution in [2.24, 2.45) is 5.41 Å². The molecule has 0 aliphatic heterocycles. The molecule has 2 unspecified atom stereocenters. The van der Waals surface area contributed by atoms with E-state index in [9.17, 15) is 14.3 Å². The van der Waals surface area contributed by atoms with E-state index in [2.05, 4.69) is 5.32 Å². The van der Waals surface area contributed by atoms with Crippen LogP contribution >= 0.6 is 11.6 Å². The topological polar surface area (TPSA) is 49.3 Å². The number of aliphatic hydroxyl groups excluding tert-OH is 1. The number of hydrogen-bond acceptors (Lipinski definition) is 2. The van der Waals surface area contributed by atoms with Gasteiger partial charge in [-0.25, -0.2) is 4.39 Å². The number of benzene rings is 1. The molecule has 3 nitrogen and oxygen atoms in total. The van der Waals surface area contributed by atoms with Crippen molar-refractivity contribution in [2.45, 2.75) is 32.4 Å². The van der Waals surface area contributed by atoms with Crippen LogP contribution in [0.3, 0.4) is 0 Å². The van der Waals surface area contributed by atoms with E-state index >= 15 is 0 Å². The fourth-order valence-electron chi connectivity index (χ4n) is 2.06. The van der Waals surface area contributed by atoms with Crippen LogP contribution in [0.25, 0.3) is 0 Å². The van der Waals surface area contributed by atoms with Crippen LogP contribution in [-0.4, -0.2) is 23.2 Å². The van der Waals surface area contributed by atoms with E-state index in [1.54, 1.807) is 0 Å². The molecule has 1 saturated carbocycles. The molecule has 5 heteroatoms. The third-order valence-electron chi connectivity index (χ3n) is 3.72. The van der Waals surface area contributed by atoms with Gasteiger partial charge >= 0.3 is 0 Å². The Kier molecular flexibility index (Phi) is 3.34. The molecule has 98 valence electrons.